The van der Waals surface area contributed by atoms with E-state index in [9.17, 15) is 24.9 Å². The number of epoxide rings is 1. The predicted octanol–water partition coefficient (Wildman–Crippen LogP) is 3.31. The highest BCUT2D eigenvalue weighted by Gasteiger charge is 2.68. The second-order valence-corrected chi connectivity index (χ2v) is 13.1. The number of pyridine rings is 1. The lowest BCUT2D eigenvalue weighted by Gasteiger charge is -2.22. The van der Waals surface area contributed by atoms with Gasteiger partial charge in [0.2, 0.25) is 5.75 Å². The number of hydrogen-bond acceptors (Lipinski definition) is 12. The predicted molar refractivity (Wildman–Crippen MR) is 185 cm³/mol. The molecule has 3 heterocycles. The topological polar surface area (TPSA) is 178 Å². The number of esters is 1. The van der Waals surface area contributed by atoms with Gasteiger partial charge >= 0.3 is 5.97 Å². The molecule has 2 aliphatic carbocycles. The van der Waals surface area contributed by atoms with Crippen LogP contribution in [0.25, 0.3) is 10.8 Å². The number of cyclic esters (lactones) is 1. The number of carbonyl (C=O) groups excluding carboxylic acids is 2. The molecule has 268 valence electrons. The first-order chi connectivity index (χ1) is 24.9. The second kappa shape index (κ2) is 13.6. The minimum Gasteiger partial charge on any atom is -0.507 e. The number of phenols is 1. The van der Waals surface area contributed by atoms with Crippen LogP contribution >= 0.6 is 11.6 Å². The van der Waals surface area contributed by atoms with Gasteiger partial charge in [0.15, 0.2) is 23.2 Å². The number of rotatable bonds is 6. The van der Waals surface area contributed by atoms with Gasteiger partial charge in [-0.1, -0.05) is 35.3 Å². The number of halogens is 1. The first-order valence-corrected chi connectivity index (χ1v) is 16.7. The molecule has 7 rings (SSSR count). The maximum atomic E-state index is 13.9. The average molecular weight is 729 g/mol. The molecule has 14 heteroatoms. The number of benzene rings is 2. The zero-order chi connectivity index (χ0) is 36.9. The summed E-state index contributed by atoms with van der Waals surface area (Å²) in [6.07, 6.45) is -1.77. The van der Waals surface area contributed by atoms with Crippen LogP contribution < -0.4 is 24.3 Å². The van der Waals surface area contributed by atoms with E-state index < -0.39 is 61.0 Å². The molecule has 4 aliphatic rings. The van der Waals surface area contributed by atoms with E-state index in [2.05, 4.69) is 34.0 Å². The number of hydrogen-bond donors (Lipinski definition) is 4. The Morgan fingerprint density at radius 2 is 1.90 bits per heavy atom. The molecular formula is C38H33ClN2O11. The van der Waals surface area contributed by atoms with Crippen molar-refractivity contribution < 1.29 is 53.3 Å². The number of ether oxygens (including phenoxy) is 6. The van der Waals surface area contributed by atoms with Gasteiger partial charge in [-0.15, -0.1) is 0 Å². The fourth-order valence-corrected chi connectivity index (χ4v) is 6.64. The van der Waals surface area contributed by atoms with Gasteiger partial charge in [-0.25, -0.2) is 4.98 Å². The van der Waals surface area contributed by atoms with Crippen molar-refractivity contribution in [3.05, 3.63) is 70.0 Å². The third-order valence-corrected chi connectivity index (χ3v) is 9.12. The van der Waals surface area contributed by atoms with E-state index in [1.807, 2.05) is 13.8 Å². The molecule has 2 aliphatic heterocycles. The van der Waals surface area contributed by atoms with Crippen LogP contribution in [-0.2, 0) is 14.3 Å². The van der Waals surface area contributed by atoms with E-state index in [4.69, 9.17) is 40.0 Å². The summed E-state index contributed by atoms with van der Waals surface area (Å²) in [5.74, 6) is 10.7. The Kier molecular flexibility index (Phi) is 9.15. The number of aliphatic hydroxyl groups excluding tert-OH is 2. The van der Waals surface area contributed by atoms with Gasteiger partial charge in [0.1, 0.15) is 41.6 Å². The molecule has 4 N–H and O–H groups in total. The quantitative estimate of drug-likeness (QED) is 0.126. The average Bonchev–Trinajstić information content (AvgIpc) is 3.75. The number of fused-ring (bicyclic) bond motifs is 5. The van der Waals surface area contributed by atoms with Gasteiger partial charge in [-0.05, 0) is 43.5 Å². The molecule has 1 amide bonds. The standard InChI is InChI=1S/C38H33ClN2O11/c1-18(2)50-29-11-20-10-27(42)24(15-23(20)34(47-3)35(29)48-4)37(46)41-26-16-33(44)49-17-28(43)19-6-5-7-31-38(52-31)21(9-8-19)12-30(36(38)45)51-22-13-25(26)40-32(39)14-22/h6,10-15,18,26,28,30-31,36,42-43,45H,16-17H2,1-4H3,(H,41,46)/b19-6+/t26-,28-,30+,31+,36-,38-/m1/s1. The van der Waals surface area contributed by atoms with Crippen LogP contribution in [0.1, 0.15) is 42.4 Å². The SMILES string of the molecule is COc1c(OC(C)C)cc2cc(O)c(C(=O)N[C@@H]3CC(=O)OC[C@@H](O)/C4=C/C#C[C@@H]5O[C@]56C(=C[C@H](Oc5cc(Cl)nc3c5)[C@H]6O)C#C4)cc2c1OC. The van der Waals surface area contributed by atoms with Gasteiger partial charge in [0.05, 0.1) is 44.0 Å². The van der Waals surface area contributed by atoms with Crippen LogP contribution in [0.2, 0.25) is 5.15 Å². The Balaban J connectivity index is 1.26. The van der Waals surface area contributed by atoms with Crippen LogP contribution in [0.3, 0.4) is 0 Å². The lowest BCUT2D eigenvalue weighted by Crippen LogP contribution is -2.38. The second-order valence-electron chi connectivity index (χ2n) is 12.7. The summed E-state index contributed by atoms with van der Waals surface area (Å²) in [4.78, 5) is 31.6. The maximum Gasteiger partial charge on any atom is 0.308 e. The number of aromatic hydroxyl groups is 1. The number of nitrogens with zero attached hydrogens (tertiary/aromatic N) is 1. The fourth-order valence-electron chi connectivity index (χ4n) is 6.43. The highest BCUT2D eigenvalue weighted by atomic mass is 35.5. The molecule has 1 saturated heterocycles. The van der Waals surface area contributed by atoms with Crippen molar-refractivity contribution in [2.75, 3.05) is 20.8 Å². The molecule has 2 aromatic carbocycles. The Morgan fingerprint density at radius 1 is 1.12 bits per heavy atom. The molecule has 5 bridgehead atoms. The minimum absolute atomic E-state index is 0.0387. The number of nitrogens with one attached hydrogen (secondary N) is 1. The maximum absolute atomic E-state index is 13.9. The van der Waals surface area contributed by atoms with Crippen molar-refractivity contribution in [1.29, 1.82) is 0 Å². The smallest absolute Gasteiger partial charge is 0.308 e. The fraction of sp³-hybridized carbons (Fsp3) is 0.342. The van der Waals surface area contributed by atoms with Crippen LogP contribution in [0.5, 0.6) is 28.7 Å². The number of methoxy groups -OCH3 is 2. The van der Waals surface area contributed by atoms with E-state index >= 15 is 0 Å². The molecule has 1 aromatic heterocycles. The molecular weight excluding hydrogens is 696 g/mol. The van der Waals surface area contributed by atoms with E-state index in [1.165, 1.54) is 44.6 Å². The first-order valence-electron chi connectivity index (χ1n) is 16.3. The Morgan fingerprint density at radius 3 is 2.65 bits per heavy atom. The largest absolute Gasteiger partial charge is 0.507 e. The highest BCUT2D eigenvalue weighted by molar-refractivity contribution is 6.29. The van der Waals surface area contributed by atoms with E-state index in [-0.39, 0.29) is 45.3 Å². The summed E-state index contributed by atoms with van der Waals surface area (Å²) >= 11 is 6.43. The molecule has 13 nitrogen and oxygen atoms in total. The van der Waals surface area contributed by atoms with Crippen molar-refractivity contribution in [3.8, 4) is 52.4 Å². The number of aliphatic hydroxyl groups is 2. The monoisotopic (exact) mass is 728 g/mol. The molecule has 52 heavy (non-hydrogen) atoms. The van der Waals surface area contributed by atoms with E-state index in [0.29, 0.717) is 27.8 Å². The van der Waals surface area contributed by atoms with Crippen molar-refractivity contribution in [1.82, 2.24) is 10.3 Å². The number of allylic oxidation sites excluding steroid dienone is 1. The summed E-state index contributed by atoms with van der Waals surface area (Å²) < 4.78 is 34.6. The summed E-state index contributed by atoms with van der Waals surface area (Å²) in [6, 6.07) is 6.18. The van der Waals surface area contributed by atoms with Gasteiger partial charge in [0, 0.05) is 34.7 Å². The molecule has 3 aromatic rings. The number of carbonyl (C=O) groups is 2. The molecule has 1 spiro atoms. The lowest BCUT2D eigenvalue weighted by atomic mass is 9.94. The van der Waals surface area contributed by atoms with Crippen LogP contribution in [0.15, 0.2) is 53.6 Å². The van der Waals surface area contributed by atoms with Crippen LogP contribution in [0, 0.1) is 23.7 Å². The highest BCUT2D eigenvalue weighted by Crippen LogP contribution is 2.51. The molecule has 1 fully saturated rings. The summed E-state index contributed by atoms with van der Waals surface area (Å²) in [5.41, 5.74) is -0.650. The first kappa shape index (κ1) is 35.0. The minimum atomic E-state index is -1.33. The van der Waals surface area contributed by atoms with Gasteiger partial charge in [-0.3, -0.25) is 9.59 Å². The van der Waals surface area contributed by atoms with Crippen LogP contribution in [-0.4, -0.2) is 89.1 Å². The van der Waals surface area contributed by atoms with Crippen molar-refractivity contribution in [2.24, 2.45) is 0 Å². The van der Waals surface area contributed by atoms with Crippen LogP contribution in [0.4, 0.5) is 0 Å². The van der Waals surface area contributed by atoms with Crippen molar-refractivity contribution in [2.45, 2.75) is 62.4 Å². The van der Waals surface area contributed by atoms with Gasteiger partial charge in [0.25, 0.3) is 5.91 Å². The van der Waals surface area contributed by atoms with Gasteiger partial charge in [-0.2, -0.15) is 0 Å². The Labute approximate surface area is 303 Å². The summed E-state index contributed by atoms with van der Waals surface area (Å²) in [6.45, 7) is 3.24. The molecule has 0 saturated carbocycles. The number of phenolic OH excluding ortho intramolecular Hbond substituents is 1. The van der Waals surface area contributed by atoms with Crippen molar-refractivity contribution in [3.63, 3.8) is 0 Å². The van der Waals surface area contributed by atoms with Crippen molar-refractivity contribution >= 4 is 34.2 Å². The molecule has 0 unspecified atom stereocenters. The lowest BCUT2D eigenvalue weighted by molar-refractivity contribution is -0.146. The zero-order valence-corrected chi connectivity index (χ0v) is 29.1. The zero-order valence-electron chi connectivity index (χ0n) is 28.4. The molecule has 0 radical (unpaired) electrons. The van der Waals surface area contributed by atoms with E-state index in [1.54, 1.807) is 12.1 Å². The van der Waals surface area contributed by atoms with E-state index in [0.717, 1.165) is 0 Å². The summed E-state index contributed by atoms with van der Waals surface area (Å²) in [7, 11) is 2.90. The third kappa shape index (κ3) is 6.33. The molecule has 6 atom stereocenters. The third-order valence-electron chi connectivity index (χ3n) is 8.93. The van der Waals surface area contributed by atoms with Gasteiger partial charge < -0.3 is 49.1 Å². The summed E-state index contributed by atoms with van der Waals surface area (Å²) in [5, 5.41) is 37.0. The Bertz CT molecular complexity index is 2190. The number of aromatic nitrogens is 1. The Hall–Kier alpha value is -5.44. The number of amides is 1. The normalized spacial score (nSPS) is 26.8.